The fourth-order valence-corrected chi connectivity index (χ4v) is 8.31. The van der Waals surface area contributed by atoms with Crippen LogP contribution in [0.4, 0.5) is 87.8 Å². The van der Waals surface area contributed by atoms with Crippen molar-refractivity contribution < 1.29 is 97.2 Å². The monoisotopic (exact) mass is 1030 g/mol. The molecule has 0 aliphatic carbocycles. The molecular formula is C49H22BF20NO. The molecule has 0 saturated heterocycles. The van der Waals surface area contributed by atoms with Crippen molar-refractivity contribution in [2.24, 2.45) is 0 Å². The SMILES string of the molecule is Cc1ccc(Cc2c3ccccc3cc[n+]2CC(=O)c2ccccc2)cc1.Fc1c(F)c(F)c([B-](c2c(F)c(F)c(F)c(F)c2F)(c2c(F)c(F)c(F)c(F)c2F)c2c(F)c(F)c(F)c(F)c2F)c(F)c1F. The summed E-state index contributed by atoms with van der Waals surface area (Å²) in [5.74, 6) is -71.3. The summed E-state index contributed by atoms with van der Waals surface area (Å²) in [6, 6.07) is 28.6. The van der Waals surface area contributed by atoms with Crippen LogP contribution in [0.2, 0.25) is 0 Å². The Labute approximate surface area is 390 Å². The van der Waals surface area contributed by atoms with E-state index in [0.717, 1.165) is 12.0 Å². The number of fused-ring (bicyclic) bond motifs is 1. The number of benzene rings is 7. The second-order valence-electron chi connectivity index (χ2n) is 15.7. The molecule has 23 heteroatoms. The largest absolute Gasteiger partial charge is 0.287 e. The summed E-state index contributed by atoms with van der Waals surface area (Å²) < 4.78 is 296. The highest BCUT2D eigenvalue weighted by Gasteiger charge is 2.52. The van der Waals surface area contributed by atoms with Gasteiger partial charge in [-0.3, -0.25) is 4.79 Å². The molecule has 8 aromatic rings. The third-order valence-electron chi connectivity index (χ3n) is 11.7. The predicted molar refractivity (Wildman–Crippen MR) is 218 cm³/mol. The van der Waals surface area contributed by atoms with Gasteiger partial charge in [0.05, 0.1) is 6.42 Å². The minimum atomic E-state index is -7.22. The van der Waals surface area contributed by atoms with E-state index in [1.54, 1.807) is 0 Å². The van der Waals surface area contributed by atoms with Gasteiger partial charge in [0.25, 0.3) is 0 Å². The minimum Gasteiger partial charge on any atom is -0.287 e. The average molecular weight is 1030 g/mol. The van der Waals surface area contributed by atoms with Gasteiger partial charge in [-0.05, 0) is 23.9 Å². The zero-order valence-electron chi connectivity index (χ0n) is 35.6. The summed E-state index contributed by atoms with van der Waals surface area (Å²) in [5, 5.41) is 2.39. The van der Waals surface area contributed by atoms with Crippen LogP contribution < -0.4 is 26.4 Å². The Balaban J connectivity index is 0.000000238. The van der Waals surface area contributed by atoms with Crippen LogP contribution in [0.3, 0.4) is 0 Å². The summed E-state index contributed by atoms with van der Waals surface area (Å²) in [6.45, 7) is 2.44. The number of carbonyl (C=O) groups is 1. The van der Waals surface area contributed by atoms with Crippen molar-refractivity contribution in [3.8, 4) is 0 Å². The van der Waals surface area contributed by atoms with Crippen LogP contribution in [0.1, 0.15) is 27.2 Å². The predicted octanol–water partition coefficient (Wildman–Crippen LogP) is 10.8. The lowest BCUT2D eigenvalue weighted by atomic mass is 9.12. The smallest absolute Gasteiger partial charge is 0.227 e. The fourth-order valence-electron chi connectivity index (χ4n) is 8.31. The maximum atomic E-state index is 15.4. The van der Waals surface area contributed by atoms with E-state index in [1.165, 1.54) is 27.6 Å². The van der Waals surface area contributed by atoms with Crippen LogP contribution in [0, 0.1) is 123 Å². The van der Waals surface area contributed by atoms with Crippen molar-refractivity contribution >= 4 is 44.6 Å². The van der Waals surface area contributed by atoms with Gasteiger partial charge in [0, 0.05) is 17.0 Å². The summed E-state index contributed by atoms with van der Waals surface area (Å²) in [7, 11) is 0. The van der Waals surface area contributed by atoms with E-state index in [1.807, 2.05) is 36.5 Å². The van der Waals surface area contributed by atoms with Gasteiger partial charge in [-0.15, -0.1) is 21.9 Å². The molecule has 1 aromatic heterocycles. The van der Waals surface area contributed by atoms with Gasteiger partial charge in [-0.25, -0.2) is 87.8 Å². The normalized spacial score (nSPS) is 11.6. The van der Waals surface area contributed by atoms with E-state index in [4.69, 9.17) is 0 Å². The number of hydrogen-bond donors (Lipinski definition) is 0. The first-order chi connectivity index (χ1) is 33.9. The molecule has 0 unspecified atom stereocenters. The standard InChI is InChI=1S/C25H22NO.C24BF20/c1-19-11-13-20(14-12-19)17-24-23-10-6-5-7-21(23)15-16-26(24)18-25(27)22-8-3-2-4-9-22;26-5-1(6(27)14(35)21(42)13(5)34)25(2-7(28)15(36)22(43)16(37)8(2)29,3-9(30)17(38)23(44)18(39)10(3)31)4-11(32)19(40)24(45)20(41)12(4)33/h2-16H,17-18H2,1H3;/q+1;-1. The van der Waals surface area contributed by atoms with Crippen LogP contribution in [0.15, 0.2) is 91.1 Å². The molecule has 372 valence electrons. The third-order valence-corrected chi connectivity index (χ3v) is 11.7. The average Bonchev–Trinajstić information content (AvgIpc) is 3.37. The quantitative estimate of drug-likeness (QED) is 0.0352. The molecule has 0 saturated carbocycles. The number of aromatic nitrogens is 1. The molecule has 8 rings (SSSR count). The number of rotatable bonds is 9. The van der Waals surface area contributed by atoms with E-state index >= 15 is 35.1 Å². The molecule has 7 aromatic carbocycles. The number of carbonyl (C=O) groups excluding carboxylic acids is 1. The highest BCUT2D eigenvalue weighted by atomic mass is 19.2. The van der Waals surface area contributed by atoms with Crippen LogP contribution in [-0.4, -0.2) is 11.9 Å². The molecule has 0 amide bonds. The van der Waals surface area contributed by atoms with Crippen molar-refractivity contribution in [3.63, 3.8) is 0 Å². The molecular weight excluding hydrogens is 1010 g/mol. The highest BCUT2D eigenvalue weighted by molar-refractivity contribution is 7.20. The molecule has 72 heavy (non-hydrogen) atoms. The van der Waals surface area contributed by atoms with Gasteiger partial charge < -0.3 is 0 Å². The number of pyridine rings is 1. The van der Waals surface area contributed by atoms with Crippen molar-refractivity contribution in [2.45, 2.75) is 19.9 Å². The van der Waals surface area contributed by atoms with Gasteiger partial charge in [0.1, 0.15) is 52.7 Å². The Morgan fingerprint density at radius 3 is 1.07 bits per heavy atom. The Morgan fingerprint density at radius 1 is 0.389 bits per heavy atom. The molecule has 0 N–H and O–H groups in total. The molecule has 0 spiro atoms. The van der Waals surface area contributed by atoms with E-state index < -0.39 is 144 Å². The Kier molecular flexibility index (Phi) is 14.3. The number of ketones is 1. The van der Waals surface area contributed by atoms with E-state index in [2.05, 4.69) is 66.1 Å². The maximum Gasteiger partial charge on any atom is 0.227 e. The van der Waals surface area contributed by atoms with Gasteiger partial charge in [-0.2, -0.15) is 4.57 Å². The van der Waals surface area contributed by atoms with Gasteiger partial charge in [0.15, 0.2) is 81.7 Å². The van der Waals surface area contributed by atoms with Crippen LogP contribution in [-0.2, 0) is 13.0 Å². The molecule has 0 atom stereocenters. The lowest BCUT2D eigenvalue weighted by Crippen LogP contribution is -2.81. The molecule has 0 bridgehead atoms. The fraction of sp³-hybridized carbons (Fsp3) is 0.0612. The van der Waals surface area contributed by atoms with Crippen LogP contribution >= 0.6 is 0 Å². The van der Waals surface area contributed by atoms with Gasteiger partial charge >= 0.3 is 0 Å². The second kappa shape index (κ2) is 19.8. The van der Waals surface area contributed by atoms with Gasteiger partial charge in [-0.1, -0.05) is 78.4 Å². The van der Waals surface area contributed by atoms with Crippen molar-refractivity contribution in [1.82, 2.24) is 0 Å². The molecule has 0 aliphatic heterocycles. The number of Topliss-reactive ketones (excluding diaryl/α,β-unsaturated/α-hetero) is 1. The molecule has 0 fully saturated rings. The Hall–Kier alpha value is -7.72. The van der Waals surface area contributed by atoms with Crippen molar-refractivity contribution in [1.29, 1.82) is 0 Å². The topological polar surface area (TPSA) is 20.9 Å². The van der Waals surface area contributed by atoms with Gasteiger partial charge in [0.2, 0.25) is 12.3 Å². The van der Waals surface area contributed by atoms with E-state index in [9.17, 15) is 57.5 Å². The third kappa shape index (κ3) is 8.46. The highest BCUT2D eigenvalue weighted by Crippen LogP contribution is 2.31. The van der Waals surface area contributed by atoms with Crippen LogP contribution in [0.5, 0.6) is 0 Å². The Morgan fingerprint density at radius 2 is 0.708 bits per heavy atom. The lowest BCUT2D eigenvalue weighted by molar-refractivity contribution is -0.688. The van der Waals surface area contributed by atoms with Crippen molar-refractivity contribution in [2.75, 3.05) is 0 Å². The second-order valence-corrected chi connectivity index (χ2v) is 15.7. The maximum absolute atomic E-state index is 15.4. The first-order valence-corrected chi connectivity index (χ1v) is 20.2. The van der Waals surface area contributed by atoms with Crippen LogP contribution in [0.25, 0.3) is 10.8 Å². The summed E-state index contributed by atoms with van der Waals surface area (Å²) in [5.41, 5.74) is -9.91. The summed E-state index contributed by atoms with van der Waals surface area (Å²) >= 11 is 0. The summed E-state index contributed by atoms with van der Waals surface area (Å²) in [4.78, 5) is 12.8. The molecule has 2 nitrogen and oxygen atoms in total. The zero-order chi connectivity index (χ0) is 53.0. The first-order valence-electron chi connectivity index (χ1n) is 20.2. The minimum absolute atomic E-state index is 0.126. The zero-order valence-corrected chi connectivity index (χ0v) is 35.6. The number of nitrogens with zero attached hydrogens (tertiary/aromatic N) is 1. The summed E-state index contributed by atoms with van der Waals surface area (Å²) in [6.07, 6.45) is -4.39. The number of hydrogen-bond acceptors (Lipinski definition) is 1. The Bertz CT molecular complexity index is 3120. The molecule has 0 aliphatic rings. The molecule has 1 heterocycles. The number of aryl methyl sites for hydroxylation is 1. The lowest BCUT2D eigenvalue weighted by Gasteiger charge is -2.44. The van der Waals surface area contributed by atoms with Crippen molar-refractivity contribution in [3.05, 3.63) is 230 Å². The van der Waals surface area contributed by atoms with E-state index in [0.29, 0.717) is 6.54 Å². The number of halogens is 20. The molecule has 0 radical (unpaired) electrons. The van der Waals surface area contributed by atoms with E-state index in [-0.39, 0.29) is 5.78 Å². The first kappa shape index (κ1) is 52.1.